The van der Waals surface area contributed by atoms with Crippen molar-refractivity contribution in [2.24, 2.45) is 0 Å². The molecule has 0 radical (unpaired) electrons. The lowest BCUT2D eigenvalue weighted by Crippen LogP contribution is -2.46. The molecule has 1 amide bonds. The molecule has 2 rings (SSSR count). The van der Waals surface area contributed by atoms with E-state index in [0.29, 0.717) is 26.2 Å². The van der Waals surface area contributed by atoms with E-state index in [1.54, 1.807) is 4.90 Å². The lowest BCUT2D eigenvalue weighted by molar-refractivity contribution is 0.0735. The van der Waals surface area contributed by atoms with Crippen LogP contribution < -0.4 is 5.32 Å². The molecule has 0 aromatic heterocycles. The highest BCUT2D eigenvalue weighted by molar-refractivity contribution is 5.94. The second kappa shape index (κ2) is 4.57. The quantitative estimate of drug-likeness (QED) is 0.775. The van der Waals surface area contributed by atoms with Crippen molar-refractivity contribution in [2.75, 3.05) is 26.2 Å². The van der Waals surface area contributed by atoms with Crippen LogP contribution in [0.1, 0.15) is 10.4 Å². The standard InChI is InChI=1S/C11H12F2N2O/c12-9-5-8(6-10(13)7-9)11(16)15-3-1-14-2-4-15/h5-7,14H,1-4H2. The number of carbonyl (C=O) groups excluding carboxylic acids is 1. The van der Waals surface area contributed by atoms with Crippen LogP contribution in [-0.2, 0) is 0 Å². The molecular formula is C11H12F2N2O. The summed E-state index contributed by atoms with van der Waals surface area (Å²) in [5, 5.41) is 3.10. The highest BCUT2D eigenvalue weighted by atomic mass is 19.1. The number of amides is 1. The van der Waals surface area contributed by atoms with Crippen molar-refractivity contribution in [3.63, 3.8) is 0 Å². The van der Waals surface area contributed by atoms with E-state index < -0.39 is 11.6 Å². The lowest BCUT2D eigenvalue weighted by atomic mass is 10.1. The highest BCUT2D eigenvalue weighted by Gasteiger charge is 2.18. The molecule has 1 saturated heterocycles. The van der Waals surface area contributed by atoms with Crippen LogP contribution >= 0.6 is 0 Å². The van der Waals surface area contributed by atoms with E-state index in [9.17, 15) is 13.6 Å². The van der Waals surface area contributed by atoms with Crippen molar-refractivity contribution >= 4 is 5.91 Å². The van der Waals surface area contributed by atoms with Crippen molar-refractivity contribution in [3.8, 4) is 0 Å². The Hall–Kier alpha value is -1.49. The third-order valence-electron chi connectivity index (χ3n) is 2.51. The summed E-state index contributed by atoms with van der Waals surface area (Å²) in [4.78, 5) is 13.5. The third-order valence-corrected chi connectivity index (χ3v) is 2.51. The van der Waals surface area contributed by atoms with E-state index in [1.807, 2.05) is 0 Å². The summed E-state index contributed by atoms with van der Waals surface area (Å²) in [6.07, 6.45) is 0. The molecule has 1 N–H and O–H groups in total. The van der Waals surface area contributed by atoms with Gasteiger partial charge in [-0.25, -0.2) is 8.78 Å². The summed E-state index contributed by atoms with van der Waals surface area (Å²) in [6, 6.07) is 2.88. The number of rotatable bonds is 1. The van der Waals surface area contributed by atoms with Gasteiger partial charge in [0, 0.05) is 37.8 Å². The number of benzene rings is 1. The fourth-order valence-corrected chi connectivity index (χ4v) is 1.73. The molecule has 1 fully saturated rings. The van der Waals surface area contributed by atoms with Gasteiger partial charge >= 0.3 is 0 Å². The normalized spacial score (nSPS) is 16.2. The second-order valence-corrected chi connectivity index (χ2v) is 3.70. The number of hydrogen-bond donors (Lipinski definition) is 1. The van der Waals surface area contributed by atoms with Crippen molar-refractivity contribution < 1.29 is 13.6 Å². The van der Waals surface area contributed by atoms with Crippen molar-refractivity contribution in [2.45, 2.75) is 0 Å². The van der Waals surface area contributed by atoms with Crippen LogP contribution in [0.4, 0.5) is 8.78 Å². The largest absolute Gasteiger partial charge is 0.336 e. The van der Waals surface area contributed by atoms with E-state index in [4.69, 9.17) is 0 Å². The van der Waals surface area contributed by atoms with Gasteiger partial charge in [-0.15, -0.1) is 0 Å². The Bertz CT molecular complexity index is 383. The molecule has 5 heteroatoms. The van der Waals surface area contributed by atoms with Gasteiger partial charge < -0.3 is 10.2 Å². The third kappa shape index (κ3) is 2.36. The smallest absolute Gasteiger partial charge is 0.254 e. The van der Waals surface area contributed by atoms with Gasteiger partial charge in [-0.2, -0.15) is 0 Å². The van der Waals surface area contributed by atoms with Gasteiger partial charge in [0.05, 0.1) is 0 Å². The molecule has 3 nitrogen and oxygen atoms in total. The monoisotopic (exact) mass is 226 g/mol. The Balaban J connectivity index is 2.19. The Morgan fingerprint density at radius 3 is 2.25 bits per heavy atom. The van der Waals surface area contributed by atoms with Gasteiger partial charge in [-0.3, -0.25) is 4.79 Å². The molecule has 16 heavy (non-hydrogen) atoms. The fourth-order valence-electron chi connectivity index (χ4n) is 1.73. The molecule has 0 saturated carbocycles. The predicted octanol–water partition coefficient (Wildman–Crippen LogP) is 1.01. The zero-order valence-corrected chi connectivity index (χ0v) is 8.67. The molecule has 0 bridgehead atoms. The lowest BCUT2D eigenvalue weighted by Gasteiger charge is -2.27. The Morgan fingerprint density at radius 2 is 1.69 bits per heavy atom. The summed E-state index contributed by atoms with van der Waals surface area (Å²) in [7, 11) is 0. The summed E-state index contributed by atoms with van der Waals surface area (Å²) in [5.74, 6) is -1.77. The molecule has 86 valence electrons. The topological polar surface area (TPSA) is 32.3 Å². The van der Waals surface area contributed by atoms with E-state index in [1.165, 1.54) is 0 Å². The zero-order chi connectivity index (χ0) is 11.5. The van der Waals surface area contributed by atoms with Crippen LogP contribution in [0.5, 0.6) is 0 Å². The molecule has 0 unspecified atom stereocenters. The van der Waals surface area contributed by atoms with E-state index in [0.717, 1.165) is 18.2 Å². The summed E-state index contributed by atoms with van der Waals surface area (Å²) in [5.41, 5.74) is 0.0689. The van der Waals surface area contributed by atoms with Gasteiger partial charge in [-0.1, -0.05) is 0 Å². The fraction of sp³-hybridized carbons (Fsp3) is 0.364. The minimum Gasteiger partial charge on any atom is -0.336 e. The van der Waals surface area contributed by atoms with Crippen LogP contribution in [0.25, 0.3) is 0 Å². The Labute approximate surface area is 92.1 Å². The number of nitrogens with one attached hydrogen (secondary N) is 1. The first-order chi connectivity index (χ1) is 7.66. The van der Waals surface area contributed by atoms with Crippen molar-refractivity contribution in [1.29, 1.82) is 0 Å². The summed E-state index contributed by atoms with van der Waals surface area (Å²) >= 11 is 0. The van der Waals surface area contributed by atoms with Crippen molar-refractivity contribution in [3.05, 3.63) is 35.4 Å². The average molecular weight is 226 g/mol. The van der Waals surface area contributed by atoms with Gasteiger partial charge in [0.15, 0.2) is 0 Å². The maximum Gasteiger partial charge on any atom is 0.254 e. The first-order valence-electron chi connectivity index (χ1n) is 5.13. The average Bonchev–Trinajstić information content (AvgIpc) is 2.28. The number of hydrogen-bond acceptors (Lipinski definition) is 2. The van der Waals surface area contributed by atoms with Crippen LogP contribution in [-0.4, -0.2) is 37.0 Å². The molecule has 1 aromatic carbocycles. The maximum atomic E-state index is 12.9. The van der Waals surface area contributed by atoms with Crippen LogP contribution in [0.15, 0.2) is 18.2 Å². The first-order valence-corrected chi connectivity index (χ1v) is 5.13. The minimum atomic E-state index is -0.724. The number of halogens is 2. The molecule has 1 aliphatic heterocycles. The maximum absolute atomic E-state index is 12.9. The molecule has 0 aliphatic carbocycles. The van der Waals surface area contributed by atoms with Crippen LogP contribution in [0.3, 0.4) is 0 Å². The van der Waals surface area contributed by atoms with Gasteiger partial charge in [-0.05, 0) is 12.1 Å². The number of nitrogens with zero attached hydrogens (tertiary/aromatic N) is 1. The zero-order valence-electron chi connectivity index (χ0n) is 8.67. The van der Waals surface area contributed by atoms with Gasteiger partial charge in [0.2, 0.25) is 0 Å². The SMILES string of the molecule is O=C(c1cc(F)cc(F)c1)N1CCNCC1. The van der Waals surface area contributed by atoms with Gasteiger partial charge in [0.1, 0.15) is 11.6 Å². The minimum absolute atomic E-state index is 0.0689. The molecule has 1 aliphatic rings. The molecule has 0 spiro atoms. The predicted molar refractivity (Wildman–Crippen MR) is 55.1 cm³/mol. The number of piperazine rings is 1. The van der Waals surface area contributed by atoms with E-state index in [2.05, 4.69) is 5.32 Å². The Morgan fingerprint density at radius 1 is 1.12 bits per heavy atom. The van der Waals surface area contributed by atoms with Gasteiger partial charge in [0.25, 0.3) is 5.91 Å². The molecular weight excluding hydrogens is 214 g/mol. The Kier molecular flexibility index (Phi) is 3.14. The summed E-state index contributed by atoms with van der Waals surface area (Å²) < 4.78 is 25.9. The highest BCUT2D eigenvalue weighted by Crippen LogP contribution is 2.11. The first kappa shape index (κ1) is 11.0. The molecule has 1 aromatic rings. The van der Waals surface area contributed by atoms with Crippen molar-refractivity contribution in [1.82, 2.24) is 10.2 Å². The number of carbonyl (C=O) groups is 1. The molecule has 0 atom stereocenters. The van der Waals surface area contributed by atoms with Crippen LogP contribution in [0, 0.1) is 11.6 Å². The van der Waals surface area contributed by atoms with E-state index in [-0.39, 0.29) is 11.5 Å². The molecule has 1 heterocycles. The second-order valence-electron chi connectivity index (χ2n) is 3.70. The van der Waals surface area contributed by atoms with E-state index >= 15 is 0 Å². The van der Waals surface area contributed by atoms with Crippen LogP contribution in [0.2, 0.25) is 0 Å². The summed E-state index contributed by atoms with van der Waals surface area (Å²) in [6.45, 7) is 2.56.